The van der Waals surface area contributed by atoms with Crippen LogP contribution in [0, 0.1) is 0 Å². The number of amides is 1. The Kier molecular flexibility index (Phi) is 7.62. The Balaban J connectivity index is 1.39. The van der Waals surface area contributed by atoms with Crippen molar-refractivity contribution in [2.45, 2.75) is 43.0 Å². The molecule has 0 saturated carbocycles. The van der Waals surface area contributed by atoms with Gasteiger partial charge >= 0.3 is 0 Å². The molecule has 1 saturated heterocycles. The van der Waals surface area contributed by atoms with Crippen LogP contribution >= 0.6 is 23.1 Å². The summed E-state index contributed by atoms with van der Waals surface area (Å²) < 4.78 is 0. The molecule has 1 N–H and O–H groups in total. The SMILES string of the molecule is O=C(NCc1ccccc1CN1CCCCC1)c1ccccc1SCc1cccs1. The summed E-state index contributed by atoms with van der Waals surface area (Å²) in [6.45, 7) is 3.89. The molecule has 5 heteroatoms. The molecule has 1 fully saturated rings. The number of nitrogens with one attached hydrogen (secondary N) is 1. The first-order valence-corrected chi connectivity index (χ1v) is 12.5. The van der Waals surface area contributed by atoms with E-state index in [4.69, 9.17) is 0 Å². The fourth-order valence-corrected chi connectivity index (χ4v) is 5.66. The highest BCUT2D eigenvalue weighted by Crippen LogP contribution is 2.28. The normalized spacial score (nSPS) is 14.5. The summed E-state index contributed by atoms with van der Waals surface area (Å²) in [6, 6.07) is 20.6. The van der Waals surface area contributed by atoms with Crippen molar-refractivity contribution in [3.8, 4) is 0 Å². The molecule has 0 atom stereocenters. The Morgan fingerprint density at radius 3 is 2.50 bits per heavy atom. The second kappa shape index (κ2) is 10.8. The van der Waals surface area contributed by atoms with Gasteiger partial charge in [-0.3, -0.25) is 9.69 Å². The number of hydrogen-bond donors (Lipinski definition) is 1. The van der Waals surface area contributed by atoms with Crippen LogP contribution in [0.3, 0.4) is 0 Å². The average Bonchev–Trinajstić information content (AvgIpc) is 3.31. The van der Waals surface area contributed by atoms with E-state index in [9.17, 15) is 4.79 Å². The number of thiophene rings is 1. The number of rotatable bonds is 8. The first-order valence-electron chi connectivity index (χ1n) is 10.6. The van der Waals surface area contributed by atoms with Crippen molar-refractivity contribution >= 4 is 29.0 Å². The molecule has 2 heterocycles. The van der Waals surface area contributed by atoms with E-state index in [0.717, 1.165) is 22.8 Å². The largest absolute Gasteiger partial charge is 0.348 e. The Hall–Kier alpha value is -2.08. The molecule has 1 aliphatic heterocycles. The van der Waals surface area contributed by atoms with Crippen molar-refractivity contribution in [3.63, 3.8) is 0 Å². The zero-order valence-corrected chi connectivity index (χ0v) is 18.8. The van der Waals surface area contributed by atoms with Gasteiger partial charge in [0.05, 0.1) is 5.56 Å². The maximum atomic E-state index is 13.0. The van der Waals surface area contributed by atoms with Crippen LogP contribution in [0.1, 0.15) is 45.6 Å². The summed E-state index contributed by atoms with van der Waals surface area (Å²) >= 11 is 3.48. The van der Waals surface area contributed by atoms with Gasteiger partial charge < -0.3 is 5.32 Å². The van der Waals surface area contributed by atoms with Gasteiger partial charge in [-0.05, 0) is 60.6 Å². The molecule has 3 aromatic rings. The van der Waals surface area contributed by atoms with Crippen molar-refractivity contribution in [1.82, 2.24) is 10.2 Å². The molecule has 30 heavy (non-hydrogen) atoms. The standard InChI is InChI=1S/C25H28N2OS2/c28-25(23-12-4-5-13-24(23)30-19-22-11-8-16-29-22)26-17-20-9-2-3-10-21(20)18-27-14-6-1-7-15-27/h2-5,8-13,16H,1,6-7,14-15,17-19H2,(H,26,28). The van der Waals surface area contributed by atoms with Crippen LogP contribution in [-0.2, 0) is 18.8 Å². The molecule has 1 aromatic heterocycles. The topological polar surface area (TPSA) is 32.3 Å². The van der Waals surface area contributed by atoms with Crippen molar-refractivity contribution in [3.05, 3.63) is 87.6 Å². The molecule has 4 rings (SSSR count). The number of benzene rings is 2. The summed E-state index contributed by atoms with van der Waals surface area (Å²) in [6.07, 6.45) is 3.93. The highest BCUT2D eigenvalue weighted by molar-refractivity contribution is 7.98. The van der Waals surface area contributed by atoms with E-state index in [1.165, 1.54) is 48.4 Å². The average molecular weight is 437 g/mol. The fourth-order valence-electron chi connectivity index (χ4n) is 3.84. The van der Waals surface area contributed by atoms with Crippen LogP contribution in [0.4, 0.5) is 0 Å². The number of piperidine rings is 1. The molecule has 2 aromatic carbocycles. The molecule has 1 amide bonds. The van der Waals surface area contributed by atoms with Crippen molar-refractivity contribution in [1.29, 1.82) is 0 Å². The number of likely N-dealkylation sites (tertiary alicyclic amines) is 1. The van der Waals surface area contributed by atoms with Gasteiger partial charge in [-0.25, -0.2) is 0 Å². The Morgan fingerprint density at radius 1 is 0.933 bits per heavy atom. The van der Waals surface area contributed by atoms with Crippen molar-refractivity contribution in [2.75, 3.05) is 13.1 Å². The smallest absolute Gasteiger partial charge is 0.252 e. The highest BCUT2D eigenvalue weighted by atomic mass is 32.2. The molecule has 3 nitrogen and oxygen atoms in total. The molecule has 0 spiro atoms. The van der Waals surface area contributed by atoms with Gasteiger partial charge in [-0.2, -0.15) is 0 Å². The second-order valence-corrected chi connectivity index (χ2v) is 9.70. The first kappa shape index (κ1) is 21.2. The van der Waals surface area contributed by atoms with E-state index in [0.29, 0.717) is 6.54 Å². The molecule has 156 valence electrons. The van der Waals surface area contributed by atoms with E-state index in [1.807, 2.05) is 24.3 Å². The summed E-state index contributed by atoms with van der Waals surface area (Å²) in [5, 5.41) is 5.25. The first-order chi connectivity index (χ1) is 14.8. The number of nitrogens with zero attached hydrogens (tertiary/aromatic N) is 1. The van der Waals surface area contributed by atoms with Gasteiger partial charge in [0.1, 0.15) is 0 Å². The van der Waals surface area contributed by atoms with Crippen LogP contribution in [0.15, 0.2) is 70.9 Å². The van der Waals surface area contributed by atoms with Crippen LogP contribution in [0.25, 0.3) is 0 Å². The minimum Gasteiger partial charge on any atom is -0.348 e. The van der Waals surface area contributed by atoms with Crippen molar-refractivity contribution in [2.24, 2.45) is 0 Å². The van der Waals surface area contributed by atoms with E-state index in [2.05, 4.69) is 52.0 Å². The number of hydrogen-bond acceptors (Lipinski definition) is 4. The van der Waals surface area contributed by atoms with Gasteiger partial charge in [-0.1, -0.05) is 48.9 Å². The zero-order valence-electron chi connectivity index (χ0n) is 17.2. The van der Waals surface area contributed by atoms with Crippen LogP contribution < -0.4 is 5.32 Å². The highest BCUT2D eigenvalue weighted by Gasteiger charge is 2.15. The molecule has 1 aliphatic rings. The van der Waals surface area contributed by atoms with Crippen molar-refractivity contribution < 1.29 is 4.79 Å². The lowest BCUT2D eigenvalue weighted by Gasteiger charge is -2.27. The van der Waals surface area contributed by atoms with Crippen LogP contribution in [-0.4, -0.2) is 23.9 Å². The fraction of sp³-hybridized carbons (Fsp3) is 0.320. The minimum atomic E-state index is -0.00273. The predicted molar refractivity (Wildman–Crippen MR) is 127 cm³/mol. The molecule has 0 radical (unpaired) electrons. The minimum absolute atomic E-state index is 0.00273. The summed E-state index contributed by atoms with van der Waals surface area (Å²) in [5.41, 5.74) is 3.28. The third-order valence-electron chi connectivity index (χ3n) is 5.48. The maximum Gasteiger partial charge on any atom is 0.252 e. The maximum absolute atomic E-state index is 13.0. The van der Waals surface area contributed by atoms with Gasteiger partial charge in [0, 0.05) is 28.6 Å². The van der Waals surface area contributed by atoms with Gasteiger partial charge in [0.15, 0.2) is 0 Å². The molecule has 0 bridgehead atoms. The summed E-state index contributed by atoms with van der Waals surface area (Å²) in [5.74, 6) is 0.887. The monoisotopic (exact) mass is 436 g/mol. The number of carbonyl (C=O) groups excluding carboxylic acids is 1. The zero-order chi connectivity index (χ0) is 20.6. The van der Waals surface area contributed by atoms with E-state index in [1.54, 1.807) is 23.1 Å². The third kappa shape index (κ3) is 5.75. The predicted octanol–water partition coefficient (Wildman–Crippen LogP) is 5.96. The summed E-state index contributed by atoms with van der Waals surface area (Å²) in [4.78, 5) is 17.9. The molecular formula is C25H28N2OS2. The number of carbonyl (C=O) groups is 1. The third-order valence-corrected chi connectivity index (χ3v) is 7.66. The van der Waals surface area contributed by atoms with Gasteiger partial charge in [-0.15, -0.1) is 23.1 Å². The van der Waals surface area contributed by atoms with Gasteiger partial charge in [0.2, 0.25) is 0 Å². The number of thioether (sulfide) groups is 1. The lowest BCUT2D eigenvalue weighted by Crippen LogP contribution is -2.30. The van der Waals surface area contributed by atoms with E-state index < -0.39 is 0 Å². The van der Waals surface area contributed by atoms with Gasteiger partial charge in [0.25, 0.3) is 5.91 Å². The van der Waals surface area contributed by atoms with Crippen LogP contribution in [0.2, 0.25) is 0 Å². The lowest BCUT2D eigenvalue weighted by atomic mass is 10.0. The molecule has 0 aliphatic carbocycles. The quantitative estimate of drug-likeness (QED) is 0.443. The summed E-state index contributed by atoms with van der Waals surface area (Å²) in [7, 11) is 0. The Bertz CT molecular complexity index is 949. The van der Waals surface area contributed by atoms with Crippen LogP contribution in [0.5, 0.6) is 0 Å². The van der Waals surface area contributed by atoms with E-state index >= 15 is 0 Å². The Morgan fingerprint density at radius 2 is 1.70 bits per heavy atom. The second-order valence-electron chi connectivity index (χ2n) is 7.65. The molecule has 0 unspecified atom stereocenters. The Labute approximate surface area is 187 Å². The molecular weight excluding hydrogens is 408 g/mol. The lowest BCUT2D eigenvalue weighted by molar-refractivity contribution is 0.0948. The van der Waals surface area contributed by atoms with E-state index in [-0.39, 0.29) is 5.91 Å².